The molecule has 2 rings (SSSR count). The fourth-order valence-corrected chi connectivity index (χ4v) is 1.68. The van der Waals surface area contributed by atoms with Crippen molar-refractivity contribution in [2.75, 3.05) is 6.61 Å². The molecular weight excluding hydrogens is 222 g/mol. The molecule has 0 radical (unpaired) electrons. The SMILES string of the molecule is CC=CCOc1ccc(Cl)c2cccnc12. The van der Waals surface area contributed by atoms with Crippen LogP contribution < -0.4 is 4.74 Å². The third kappa shape index (κ3) is 2.17. The van der Waals surface area contributed by atoms with Crippen molar-refractivity contribution < 1.29 is 4.74 Å². The Balaban J connectivity index is 2.42. The highest BCUT2D eigenvalue weighted by Crippen LogP contribution is 2.29. The summed E-state index contributed by atoms with van der Waals surface area (Å²) in [4.78, 5) is 4.29. The summed E-state index contributed by atoms with van der Waals surface area (Å²) in [7, 11) is 0. The van der Waals surface area contributed by atoms with Gasteiger partial charge in [0.15, 0.2) is 0 Å². The van der Waals surface area contributed by atoms with E-state index in [0.717, 1.165) is 16.7 Å². The summed E-state index contributed by atoms with van der Waals surface area (Å²) < 4.78 is 5.61. The first kappa shape index (κ1) is 11.0. The maximum Gasteiger partial charge on any atom is 0.146 e. The first-order valence-electron chi connectivity index (χ1n) is 5.10. The Kier molecular flexibility index (Phi) is 3.42. The summed E-state index contributed by atoms with van der Waals surface area (Å²) in [5, 5.41) is 1.61. The molecule has 0 aliphatic rings. The zero-order valence-corrected chi connectivity index (χ0v) is 9.74. The molecule has 0 aliphatic carbocycles. The highest BCUT2D eigenvalue weighted by atomic mass is 35.5. The summed E-state index contributed by atoms with van der Waals surface area (Å²) in [6, 6.07) is 7.48. The Morgan fingerprint density at radius 2 is 2.25 bits per heavy atom. The number of hydrogen-bond acceptors (Lipinski definition) is 2. The molecular formula is C13H12ClNO. The molecule has 0 spiro atoms. The molecule has 0 saturated heterocycles. The largest absolute Gasteiger partial charge is 0.487 e. The topological polar surface area (TPSA) is 22.1 Å². The smallest absolute Gasteiger partial charge is 0.146 e. The summed E-state index contributed by atoms with van der Waals surface area (Å²) in [6.07, 6.45) is 5.64. The van der Waals surface area contributed by atoms with Crippen molar-refractivity contribution in [1.82, 2.24) is 4.98 Å². The standard InChI is InChI=1S/C13H12ClNO/c1-2-3-9-16-12-7-6-11(14)10-5-4-8-15-13(10)12/h2-8H,9H2,1H3. The van der Waals surface area contributed by atoms with Gasteiger partial charge in [-0.1, -0.05) is 23.8 Å². The van der Waals surface area contributed by atoms with E-state index in [9.17, 15) is 0 Å². The fourth-order valence-electron chi connectivity index (χ4n) is 1.46. The minimum absolute atomic E-state index is 0.545. The lowest BCUT2D eigenvalue weighted by molar-refractivity contribution is 0.366. The van der Waals surface area contributed by atoms with Gasteiger partial charge in [-0.25, -0.2) is 0 Å². The van der Waals surface area contributed by atoms with E-state index in [-0.39, 0.29) is 0 Å². The van der Waals surface area contributed by atoms with Crippen LogP contribution in [0, 0.1) is 0 Å². The Hall–Kier alpha value is -1.54. The lowest BCUT2D eigenvalue weighted by Gasteiger charge is -2.07. The minimum atomic E-state index is 0.545. The van der Waals surface area contributed by atoms with Gasteiger partial charge in [0.25, 0.3) is 0 Å². The molecule has 0 bridgehead atoms. The maximum atomic E-state index is 6.08. The van der Waals surface area contributed by atoms with Gasteiger partial charge >= 0.3 is 0 Å². The minimum Gasteiger partial charge on any atom is -0.487 e. The van der Waals surface area contributed by atoms with Crippen LogP contribution in [-0.2, 0) is 0 Å². The molecule has 0 fully saturated rings. The zero-order chi connectivity index (χ0) is 11.4. The lowest BCUT2D eigenvalue weighted by atomic mass is 10.2. The van der Waals surface area contributed by atoms with Gasteiger partial charge < -0.3 is 4.74 Å². The number of halogens is 1. The first-order chi connectivity index (χ1) is 7.83. The van der Waals surface area contributed by atoms with Crippen molar-refractivity contribution >= 4 is 22.5 Å². The first-order valence-corrected chi connectivity index (χ1v) is 5.48. The average molecular weight is 234 g/mol. The number of nitrogens with zero attached hydrogens (tertiary/aromatic N) is 1. The molecule has 0 unspecified atom stereocenters. The number of allylic oxidation sites excluding steroid dienone is 1. The van der Waals surface area contributed by atoms with E-state index in [1.165, 1.54) is 0 Å². The van der Waals surface area contributed by atoms with Crippen molar-refractivity contribution in [3.8, 4) is 5.75 Å². The van der Waals surface area contributed by atoms with Gasteiger partial charge in [-0.05, 0) is 31.2 Å². The molecule has 3 heteroatoms. The zero-order valence-electron chi connectivity index (χ0n) is 8.98. The Labute approximate surface area is 99.5 Å². The van der Waals surface area contributed by atoms with Crippen molar-refractivity contribution in [2.45, 2.75) is 6.92 Å². The van der Waals surface area contributed by atoms with Crippen LogP contribution in [0.4, 0.5) is 0 Å². The van der Waals surface area contributed by atoms with Gasteiger partial charge in [0.1, 0.15) is 17.9 Å². The van der Waals surface area contributed by atoms with Crippen molar-refractivity contribution in [1.29, 1.82) is 0 Å². The molecule has 1 aromatic carbocycles. The van der Waals surface area contributed by atoms with Crippen LogP contribution in [0.1, 0.15) is 6.92 Å². The van der Waals surface area contributed by atoms with Gasteiger partial charge in [-0.3, -0.25) is 4.98 Å². The number of hydrogen-bond donors (Lipinski definition) is 0. The molecule has 2 nitrogen and oxygen atoms in total. The van der Waals surface area contributed by atoms with E-state index in [4.69, 9.17) is 16.3 Å². The van der Waals surface area contributed by atoms with Crippen LogP contribution in [0.15, 0.2) is 42.6 Å². The highest BCUT2D eigenvalue weighted by Gasteiger charge is 2.05. The number of pyridine rings is 1. The summed E-state index contributed by atoms with van der Waals surface area (Å²) in [5.74, 6) is 0.762. The predicted octanol–water partition coefficient (Wildman–Crippen LogP) is 3.84. The fraction of sp³-hybridized carbons (Fsp3) is 0.154. The second-order valence-electron chi connectivity index (χ2n) is 3.33. The number of aromatic nitrogens is 1. The molecule has 0 saturated carbocycles. The van der Waals surface area contributed by atoms with Crippen LogP contribution in [0.5, 0.6) is 5.75 Å². The van der Waals surface area contributed by atoms with Gasteiger partial charge in [0.2, 0.25) is 0 Å². The second kappa shape index (κ2) is 4.99. The van der Waals surface area contributed by atoms with Crippen LogP contribution >= 0.6 is 11.6 Å². The Morgan fingerprint density at radius 1 is 1.38 bits per heavy atom. The van der Waals surface area contributed by atoms with E-state index in [1.807, 2.05) is 43.3 Å². The normalized spacial score (nSPS) is 11.1. The molecule has 2 aromatic rings. The number of fused-ring (bicyclic) bond motifs is 1. The van der Waals surface area contributed by atoms with E-state index in [2.05, 4.69) is 4.98 Å². The van der Waals surface area contributed by atoms with Crippen molar-refractivity contribution in [3.63, 3.8) is 0 Å². The van der Waals surface area contributed by atoms with Crippen LogP contribution in [-0.4, -0.2) is 11.6 Å². The molecule has 1 aromatic heterocycles. The molecule has 0 atom stereocenters. The highest BCUT2D eigenvalue weighted by molar-refractivity contribution is 6.35. The van der Waals surface area contributed by atoms with Crippen molar-refractivity contribution in [3.05, 3.63) is 47.6 Å². The molecule has 82 valence electrons. The monoisotopic (exact) mass is 233 g/mol. The summed E-state index contributed by atoms with van der Waals surface area (Å²) in [5.41, 5.74) is 0.805. The molecule has 1 heterocycles. The Bertz CT molecular complexity index is 522. The van der Waals surface area contributed by atoms with Crippen LogP contribution in [0.3, 0.4) is 0 Å². The van der Waals surface area contributed by atoms with E-state index < -0.39 is 0 Å². The number of benzene rings is 1. The van der Waals surface area contributed by atoms with Crippen LogP contribution in [0.25, 0.3) is 10.9 Å². The van der Waals surface area contributed by atoms with Crippen LogP contribution in [0.2, 0.25) is 5.02 Å². The number of rotatable bonds is 3. The second-order valence-corrected chi connectivity index (χ2v) is 3.73. The van der Waals surface area contributed by atoms with Gasteiger partial charge in [0, 0.05) is 11.6 Å². The van der Waals surface area contributed by atoms with E-state index in [0.29, 0.717) is 11.6 Å². The quantitative estimate of drug-likeness (QED) is 0.752. The summed E-state index contributed by atoms with van der Waals surface area (Å²) in [6.45, 7) is 2.51. The van der Waals surface area contributed by atoms with E-state index >= 15 is 0 Å². The maximum absolute atomic E-state index is 6.08. The average Bonchev–Trinajstić information content (AvgIpc) is 2.33. The van der Waals surface area contributed by atoms with Gasteiger partial charge in [0.05, 0.1) is 5.02 Å². The van der Waals surface area contributed by atoms with Gasteiger partial charge in [-0.15, -0.1) is 0 Å². The third-order valence-corrected chi connectivity index (χ3v) is 2.58. The third-order valence-electron chi connectivity index (χ3n) is 2.25. The van der Waals surface area contributed by atoms with Crippen molar-refractivity contribution in [2.24, 2.45) is 0 Å². The Morgan fingerprint density at radius 3 is 3.06 bits per heavy atom. The molecule has 0 amide bonds. The van der Waals surface area contributed by atoms with E-state index in [1.54, 1.807) is 6.20 Å². The lowest BCUT2D eigenvalue weighted by Crippen LogP contribution is -1.95. The number of ether oxygens (including phenoxy) is 1. The van der Waals surface area contributed by atoms with Gasteiger partial charge in [-0.2, -0.15) is 0 Å². The predicted molar refractivity (Wildman–Crippen MR) is 67.1 cm³/mol. The molecule has 0 N–H and O–H groups in total. The molecule has 0 aliphatic heterocycles. The summed E-state index contributed by atoms with van der Waals surface area (Å²) >= 11 is 6.08. The molecule has 16 heavy (non-hydrogen) atoms.